The van der Waals surface area contributed by atoms with Gasteiger partial charge in [0, 0.05) is 18.0 Å². The van der Waals surface area contributed by atoms with Gasteiger partial charge in [-0.1, -0.05) is 0 Å². The zero-order valence-electron chi connectivity index (χ0n) is 8.66. The van der Waals surface area contributed by atoms with Crippen LogP contribution in [-0.4, -0.2) is 52.1 Å². The van der Waals surface area contributed by atoms with Crippen molar-refractivity contribution in [1.82, 2.24) is 4.98 Å². The molecule has 15 heavy (non-hydrogen) atoms. The van der Waals surface area contributed by atoms with Gasteiger partial charge in [-0.2, -0.15) is 0 Å². The first kappa shape index (κ1) is 14.9. The van der Waals surface area contributed by atoms with Gasteiger partial charge in [-0.25, -0.2) is 9.19 Å². The standard InChI is InChI=1S/C9H13NO3S.Na.H/c1-6-5-10-9(13-14(4)11)7(2)8(6)12-3;;/h5H,1-4H3;;. The van der Waals surface area contributed by atoms with Crippen molar-refractivity contribution in [2.75, 3.05) is 13.4 Å². The molecule has 0 spiro atoms. The zero-order chi connectivity index (χ0) is 10.7. The number of aromatic nitrogens is 1. The van der Waals surface area contributed by atoms with Gasteiger partial charge in [-0.05, 0) is 13.8 Å². The molecule has 1 atom stereocenters. The van der Waals surface area contributed by atoms with E-state index < -0.39 is 11.1 Å². The number of nitrogens with zero attached hydrogens (tertiary/aromatic N) is 1. The molecule has 0 saturated carbocycles. The Balaban J connectivity index is 0.00000196. The summed E-state index contributed by atoms with van der Waals surface area (Å²) in [4.78, 5) is 4.03. The minimum absolute atomic E-state index is 0. The Bertz CT molecular complexity index is 371. The quantitative estimate of drug-likeness (QED) is 0.730. The summed E-state index contributed by atoms with van der Waals surface area (Å²) in [5, 5.41) is 0. The van der Waals surface area contributed by atoms with Gasteiger partial charge in [0.05, 0.1) is 12.7 Å². The Morgan fingerprint density at radius 1 is 1.40 bits per heavy atom. The van der Waals surface area contributed by atoms with E-state index in [0.29, 0.717) is 5.88 Å². The average molecular weight is 239 g/mol. The summed E-state index contributed by atoms with van der Waals surface area (Å²) in [6.07, 6.45) is 3.08. The molecule has 0 aliphatic carbocycles. The number of methoxy groups -OCH3 is 1. The first-order chi connectivity index (χ1) is 6.56. The van der Waals surface area contributed by atoms with Gasteiger partial charge in [-0.3, -0.25) is 0 Å². The second-order valence-electron chi connectivity index (χ2n) is 2.89. The summed E-state index contributed by atoms with van der Waals surface area (Å²) in [5.41, 5.74) is 1.70. The molecule has 0 N–H and O–H groups in total. The van der Waals surface area contributed by atoms with E-state index >= 15 is 0 Å². The summed E-state index contributed by atoms with van der Waals surface area (Å²) >= 11 is -1.36. The second-order valence-corrected chi connectivity index (χ2v) is 3.86. The Morgan fingerprint density at radius 2 is 2.00 bits per heavy atom. The molecule has 1 aromatic heterocycles. The first-order valence-corrected chi connectivity index (χ1v) is 5.56. The van der Waals surface area contributed by atoms with Crippen LogP contribution in [0, 0.1) is 13.8 Å². The fraction of sp³-hybridized carbons (Fsp3) is 0.444. The van der Waals surface area contributed by atoms with E-state index in [1.54, 1.807) is 13.3 Å². The number of pyridine rings is 1. The molecule has 80 valence electrons. The van der Waals surface area contributed by atoms with Crippen molar-refractivity contribution in [1.29, 1.82) is 0 Å². The van der Waals surface area contributed by atoms with Gasteiger partial charge < -0.3 is 8.92 Å². The molecule has 0 radical (unpaired) electrons. The van der Waals surface area contributed by atoms with Crippen LogP contribution in [0.5, 0.6) is 11.6 Å². The molecule has 4 nitrogen and oxygen atoms in total. The fourth-order valence-electron chi connectivity index (χ4n) is 1.21. The van der Waals surface area contributed by atoms with Crippen molar-refractivity contribution in [2.45, 2.75) is 13.8 Å². The Kier molecular flexibility index (Phi) is 6.43. The first-order valence-electron chi connectivity index (χ1n) is 4.08. The Labute approximate surface area is 114 Å². The van der Waals surface area contributed by atoms with Crippen LogP contribution in [0.15, 0.2) is 6.20 Å². The minimum atomic E-state index is -1.36. The van der Waals surface area contributed by atoms with E-state index in [2.05, 4.69) is 4.98 Å². The number of hydrogen-bond acceptors (Lipinski definition) is 4. The molecule has 0 aliphatic rings. The average Bonchev–Trinajstić information content (AvgIpc) is 2.10. The van der Waals surface area contributed by atoms with E-state index in [4.69, 9.17) is 8.92 Å². The normalized spacial score (nSPS) is 11.5. The van der Waals surface area contributed by atoms with Gasteiger partial charge >= 0.3 is 29.6 Å². The van der Waals surface area contributed by atoms with Crippen molar-refractivity contribution in [3.05, 3.63) is 17.3 Å². The molecule has 0 aromatic carbocycles. The summed E-state index contributed by atoms with van der Waals surface area (Å²) in [5.74, 6) is 1.08. The Morgan fingerprint density at radius 3 is 2.47 bits per heavy atom. The molecule has 6 heteroatoms. The van der Waals surface area contributed by atoms with Crippen LogP contribution >= 0.6 is 0 Å². The molecule has 0 amide bonds. The Hall–Kier alpha value is -0.100. The van der Waals surface area contributed by atoms with E-state index in [-0.39, 0.29) is 29.6 Å². The molecular weight excluding hydrogens is 225 g/mol. The maximum absolute atomic E-state index is 10.9. The SMILES string of the molecule is COc1c(C)cnc(OS(C)=O)c1C.[NaH]. The van der Waals surface area contributed by atoms with E-state index in [1.165, 1.54) is 6.26 Å². The number of hydrogen-bond donors (Lipinski definition) is 0. The molecule has 1 unspecified atom stereocenters. The zero-order valence-corrected chi connectivity index (χ0v) is 9.47. The summed E-state index contributed by atoms with van der Waals surface area (Å²) in [7, 11) is 1.59. The van der Waals surface area contributed by atoms with E-state index in [1.807, 2.05) is 13.8 Å². The van der Waals surface area contributed by atoms with Gasteiger partial charge in [0.15, 0.2) is 0 Å². The van der Waals surface area contributed by atoms with Crippen LogP contribution in [0.1, 0.15) is 11.1 Å². The number of ether oxygens (including phenoxy) is 1. The van der Waals surface area contributed by atoms with Gasteiger partial charge in [-0.15, -0.1) is 0 Å². The third-order valence-corrected chi connectivity index (χ3v) is 2.19. The molecule has 0 bridgehead atoms. The van der Waals surface area contributed by atoms with Gasteiger partial charge in [0.1, 0.15) is 5.75 Å². The number of rotatable bonds is 3. The van der Waals surface area contributed by atoms with Crippen LogP contribution in [0.4, 0.5) is 0 Å². The summed E-state index contributed by atoms with van der Waals surface area (Å²) < 4.78 is 21.1. The van der Waals surface area contributed by atoms with Gasteiger partial charge in [0.2, 0.25) is 17.0 Å². The monoisotopic (exact) mass is 239 g/mol. The fourth-order valence-corrected chi connectivity index (χ4v) is 1.60. The topological polar surface area (TPSA) is 48.4 Å². The predicted octanol–water partition coefficient (Wildman–Crippen LogP) is 0.731. The molecule has 0 saturated heterocycles. The van der Waals surface area contributed by atoms with Crippen molar-refractivity contribution in [3.8, 4) is 11.6 Å². The third kappa shape index (κ3) is 3.75. The summed E-state index contributed by atoms with van der Waals surface area (Å²) in [6, 6.07) is 0. The molecular formula is C9H14NNaO3S. The third-order valence-electron chi connectivity index (χ3n) is 1.80. The van der Waals surface area contributed by atoms with E-state index in [0.717, 1.165) is 16.9 Å². The molecule has 1 rings (SSSR count). The molecule has 1 heterocycles. The van der Waals surface area contributed by atoms with Crippen LogP contribution in [0.2, 0.25) is 0 Å². The van der Waals surface area contributed by atoms with Crippen molar-refractivity contribution in [2.24, 2.45) is 0 Å². The van der Waals surface area contributed by atoms with E-state index in [9.17, 15) is 4.21 Å². The van der Waals surface area contributed by atoms with Crippen LogP contribution in [-0.2, 0) is 11.1 Å². The molecule has 0 fully saturated rings. The van der Waals surface area contributed by atoms with Crippen molar-refractivity contribution in [3.63, 3.8) is 0 Å². The predicted molar refractivity (Wildman–Crippen MR) is 62.1 cm³/mol. The second kappa shape index (κ2) is 6.48. The molecule has 1 aromatic rings. The van der Waals surface area contributed by atoms with Crippen LogP contribution in [0.3, 0.4) is 0 Å². The molecule has 0 aliphatic heterocycles. The van der Waals surface area contributed by atoms with Crippen LogP contribution in [0.25, 0.3) is 0 Å². The van der Waals surface area contributed by atoms with Crippen molar-refractivity contribution < 1.29 is 13.1 Å². The maximum atomic E-state index is 10.9. The number of aryl methyl sites for hydroxylation is 1. The summed E-state index contributed by atoms with van der Waals surface area (Å²) in [6.45, 7) is 3.71. The van der Waals surface area contributed by atoms with Crippen LogP contribution < -0.4 is 8.92 Å². The van der Waals surface area contributed by atoms with Crippen molar-refractivity contribution >= 4 is 40.6 Å². The van der Waals surface area contributed by atoms with Gasteiger partial charge in [0.25, 0.3) is 0 Å².